The van der Waals surface area contributed by atoms with Crippen LogP contribution in [0.2, 0.25) is 0 Å². The van der Waals surface area contributed by atoms with Gasteiger partial charge in [0.25, 0.3) is 0 Å². The molecule has 2 aromatic carbocycles. The van der Waals surface area contributed by atoms with Crippen LogP contribution in [0.3, 0.4) is 0 Å². The molecule has 1 unspecified atom stereocenters. The van der Waals surface area contributed by atoms with Crippen LogP contribution in [-0.2, 0) is 13.0 Å². The van der Waals surface area contributed by atoms with E-state index < -0.39 is 0 Å². The van der Waals surface area contributed by atoms with Gasteiger partial charge in [-0.25, -0.2) is 19.9 Å². The number of fused-ring (bicyclic) bond motifs is 1. The molecule has 5 aromatic rings. The fraction of sp³-hybridized carbons (Fsp3) is 0.290. The largest absolute Gasteiger partial charge is 0.437 e. The van der Waals surface area contributed by atoms with Gasteiger partial charge in [0, 0.05) is 46.8 Å². The summed E-state index contributed by atoms with van der Waals surface area (Å²) in [4.78, 5) is 18.6. The van der Waals surface area contributed by atoms with Gasteiger partial charge in [-0.15, -0.1) is 11.3 Å². The van der Waals surface area contributed by atoms with Crippen molar-refractivity contribution in [3.05, 3.63) is 82.6 Å². The first-order chi connectivity index (χ1) is 19.7. The molecule has 1 aliphatic rings. The van der Waals surface area contributed by atoms with Gasteiger partial charge in [-0.2, -0.15) is 0 Å². The summed E-state index contributed by atoms with van der Waals surface area (Å²) in [5.74, 6) is 1.91. The Balaban J connectivity index is 1.28. The quantitative estimate of drug-likeness (QED) is 0.189. The van der Waals surface area contributed by atoms with Gasteiger partial charge < -0.3 is 20.7 Å². The summed E-state index contributed by atoms with van der Waals surface area (Å²) in [6.45, 7) is 6.84. The van der Waals surface area contributed by atoms with Gasteiger partial charge in [-0.3, -0.25) is 0 Å². The zero-order valence-electron chi connectivity index (χ0n) is 22.8. The second-order valence-electron chi connectivity index (χ2n) is 9.96. The Hall–Kier alpha value is -4.08. The highest BCUT2D eigenvalue weighted by Gasteiger charge is 2.17. The number of aryl methyl sites for hydroxylation is 2. The van der Waals surface area contributed by atoms with Crippen LogP contribution in [0.4, 0.5) is 11.6 Å². The summed E-state index contributed by atoms with van der Waals surface area (Å²) < 4.78 is 6.59. The molecule has 1 aliphatic heterocycles. The van der Waals surface area contributed by atoms with E-state index in [1.165, 1.54) is 0 Å². The number of hydrogen-bond acceptors (Lipinski definition) is 9. The van der Waals surface area contributed by atoms with Gasteiger partial charge in [0.05, 0.1) is 28.5 Å². The first-order valence-corrected chi connectivity index (χ1v) is 14.7. The van der Waals surface area contributed by atoms with E-state index in [0.29, 0.717) is 24.4 Å². The van der Waals surface area contributed by atoms with Crippen molar-refractivity contribution in [1.29, 1.82) is 0 Å². The molecule has 1 atom stereocenters. The molecule has 3 aromatic heterocycles. The zero-order chi connectivity index (χ0) is 27.3. The molecule has 0 aliphatic carbocycles. The van der Waals surface area contributed by atoms with Crippen molar-refractivity contribution in [3.8, 4) is 22.9 Å². The van der Waals surface area contributed by atoms with E-state index in [1.54, 1.807) is 23.7 Å². The number of benzene rings is 2. The Morgan fingerprint density at radius 2 is 1.98 bits per heavy atom. The minimum atomic E-state index is 0.318. The van der Waals surface area contributed by atoms with Gasteiger partial charge >= 0.3 is 0 Å². The molecule has 0 spiro atoms. The van der Waals surface area contributed by atoms with Crippen LogP contribution in [0.5, 0.6) is 11.6 Å². The fourth-order valence-electron chi connectivity index (χ4n) is 5.01. The van der Waals surface area contributed by atoms with Crippen LogP contribution in [-0.4, -0.2) is 39.1 Å². The summed E-state index contributed by atoms with van der Waals surface area (Å²) in [6.07, 6.45) is 6.73. The van der Waals surface area contributed by atoms with E-state index in [4.69, 9.17) is 14.7 Å². The average molecular weight is 552 g/mol. The Kier molecular flexibility index (Phi) is 7.83. The summed E-state index contributed by atoms with van der Waals surface area (Å²) in [6, 6.07) is 16.6. The molecule has 1 saturated heterocycles. The smallest absolute Gasteiger partial charge is 0.228 e. The summed E-state index contributed by atoms with van der Waals surface area (Å²) in [5, 5.41) is 15.9. The van der Waals surface area contributed by atoms with Crippen molar-refractivity contribution < 1.29 is 4.74 Å². The molecule has 204 valence electrons. The van der Waals surface area contributed by atoms with Crippen molar-refractivity contribution in [2.45, 2.75) is 45.7 Å². The van der Waals surface area contributed by atoms with E-state index >= 15 is 0 Å². The molecule has 8 nitrogen and oxygen atoms in total. The number of anilines is 2. The first-order valence-electron chi connectivity index (χ1n) is 13.8. The lowest BCUT2D eigenvalue weighted by molar-refractivity contribution is 0.466. The topological polar surface area (TPSA) is 96.9 Å². The van der Waals surface area contributed by atoms with E-state index in [1.807, 2.05) is 18.2 Å². The molecule has 1 fully saturated rings. The van der Waals surface area contributed by atoms with Crippen LogP contribution in [0.15, 0.2) is 66.3 Å². The SMILES string of the molecule is CCc1nc(CNc2cccc3c(Oc4ncccc4-c4ccnc(NC5CCCNC5)n4)c(C)ccc23)cs1. The van der Waals surface area contributed by atoms with Crippen LogP contribution < -0.4 is 20.7 Å². The highest BCUT2D eigenvalue weighted by Crippen LogP contribution is 2.38. The van der Waals surface area contributed by atoms with Crippen LogP contribution in [0.25, 0.3) is 22.0 Å². The Morgan fingerprint density at radius 1 is 1.02 bits per heavy atom. The van der Waals surface area contributed by atoms with Crippen molar-refractivity contribution in [2.75, 3.05) is 23.7 Å². The van der Waals surface area contributed by atoms with Gasteiger partial charge in [-0.1, -0.05) is 31.2 Å². The highest BCUT2D eigenvalue weighted by molar-refractivity contribution is 7.09. The number of rotatable bonds is 9. The van der Waals surface area contributed by atoms with Crippen molar-refractivity contribution >= 4 is 33.7 Å². The number of aromatic nitrogens is 4. The molecule has 0 amide bonds. The number of ether oxygens (including phenoxy) is 1. The molecule has 40 heavy (non-hydrogen) atoms. The second-order valence-corrected chi connectivity index (χ2v) is 10.9. The van der Waals surface area contributed by atoms with E-state index in [-0.39, 0.29) is 0 Å². The van der Waals surface area contributed by atoms with Crippen molar-refractivity contribution in [1.82, 2.24) is 25.3 Å². The van der Waals surface area contributed by atoms with Crippen LogP contribution >= 0.6 is 11.3 Å². The predicted octanol–water partition coefficient (Wildman–Crippen LogP) is 6.59. The van der Waals surface area contributed by atoms with Gasteiger partial charge in [0.15, 0.2) is 0 Å². The number of thiazole rings is 1. The van der Waals surface area contributed by atoms with Gasteiger partial charge in [-0.05, 0) is 62.6 Å². The number of nitrogens with one attached hydrogen (secondary N) is 3. The molecule has 0 bridgehead atoms. The summed E-state index contributed by atoms with van der Waals surface area (Å²) in [5.41, 5.74) is 4.70. The van der Waals surface area contributed by atoms with Gasteiger partial charge in [0.1, 0.15) is 5.75 Å². The monoisotopic (exact) mass is 551 g/mol. The van der Waals surface area contributed by atoms with Crippen LogP contribution in [0.1, 0.15) is 36.0 Å². The van der Waals surface area contributed by atoms with E-state index in [2.05, 4.69) is 75.5 Å². The van der Waals surface area contributed by atoms with Crippen molar-refractivity contribution in [2.24, 2.45) is 0 Å². The molecule has 9 heteroatoms. The molecule has 0 saturated carbocycles. The Morgan fingerprint density at radius 3 is 2.83 bits per heavy atom. The van der Waals surface area contributed by atoms with Crippen molar-refractivity contribution in [3.63, 3.8) is 0 Å². The lowest BCUT2D eigenvalue weighted by atomic mass is 10.0. The standard InChI is InChI=1S/C31H33N7OS/c1-3-28-36-22(19-40-28)18-35-26-10-4-8-24-23(26)12-11-20(2)29(24)39-30-25(9-6-15-33-30)27-13-16-34-31(38-27)37-21-7-5-14-32-17-21/h4,6,8-13,15-16,19,21,32,35H,3,5,7,14,17-18H2,1-2H3,(H,34,37,38). The predicted molar refractivity (Wildman–Crippen MR) is 162 cm³/mol. The fourth-order valence-corrected chi connectivity index (χ4v) is 5.75. The normalized spacial score (nSPS) is 15.2. The maximum atomic E-state index is 6.59. The number of nitrogens with zero attached hydrogens (tertiary/aromatic N) is 4. The lowest BCUT2D eigenvalue weighted by Crippen LogP contribution is -2.38. The number of pyridine rings is 1. The minimum Gasteiger partial charge on any atom is -0.437 e. The summed E-state index contributed by atoms with van der Waals surface area (Å²) in [7, 11) is 0. The maximum Gasteiger partial charge on any atom is 0.228 e. The third kappa shape index (κ3) is 5.76. The third-order valence-electron chi connectivity index (χ3n) is 7.10. The molecule has 0 radical (unpaired) electrons. The lowest BCUT2D eigenvalue weighted by Gasteiger charge is -2.23. The third-order valence-corrected chi connectivity index (χ3v) is 8.14. The van der Waals surface area contributed by atoms with E-state index in [9.17, 15) is 0 Å². The minimum absolute atomic E-state index is 0.318. The molecular formula is C31H33N7OS. The molecular weight excluding hydrogens is 518 g/mol. The van der Waals surface area contributed by atoms with Gasteiger partial charge in [0.2, 0.25) is 11.8 Å². The molecule has 6 rings (SSSR count). The second kappa shape index (κ2) is 12.0. The Labute approximate surface area is 238 Å². The highest BCUT2D eigenvalue weighted by atomic mass is 32.1. The number of piperidine rings is 1. The molecule has 3 N–H and O–H groups in total. The maximum absolute atomic E-state index is 6.59. The zero-order valence-corrected chi connectivity index (χ0v) is 23.6. The van der Waals surface area contributed by atoms with E-state index in [0.717, 1.165) is 82.1 Å². The van der Waals surface area contributed by atoms with Crippen LogP contribution in [0, 0.1) is 6.92 Å². The summed E-state index contributed by atoms with van der Waals surface area (Å²) >= 11 is 1.71. The number of hydrogen-bond donors (Lipinski definition) is 3. The Bertz CT molecular complexity index is 1610. The molecule has 4 heterocycles. The average Bonchev–Trinajstić information content (AvgIpc) is 3.46. The first kappa shape index (κ1) is 26.2.